The number of phosphoric ester groups is 2. The number of esters is 4. The number of carbonyl (C=O) groups excluding carboxylic acids is 4. The predicted molar refractivity (Wildman–Crippen MR) is 303 cm³/mol. The lowest BCUT2D eigenvalue weighted by atomic mass is 9.99. The van der Waals surface area contributed by atoms with Gasteiger partial charge in [0.05, 0.1) is 26.4 Å². The zero-order valence-corrected chi connectivity index (χ0v) is 51.0. The monoisotopic (exact) mass is 1140 g/mol. The Labute approximate surface area is 467 Å². The fraction of sp³-hybridized carbons (Fsp3) is 0.931. The zero-order chi connectivity index (χ0) is 57.3. The molecule has 0 aliphatic carbocycles. The van der Waals surface area contributed by atoms with E-state index in [1.54, 1.807) is 0 Å². The van der Waals surface area contributed by atoms with Gasteiger partial charge in [-0.15, -0.1) is 0 Å². The number of unbranched alkanes of at least 4 members (excludes halogenated alkanes) is 26. The van der Waals surface area contributed by atoms with Crippen molar-refractivity contribution in [1.29, 1.82) is 0 Å². The number of aliphatic hydroxyl groups is 1. The van der Waals surface area contributed by atoms with E-state index >= 15 is 0 Å². The molecule has 0 heterocycles. The highest BCUT2D eigenvalue weighted by Gasteiger charge is 2.30. The molecular weight excluding hydrogens is 1030 g/mol. The summed E-state index contributed by atoms with van der Waals surface area (Å²) in [5.74, 6) is -0.718. The van der Waals surface area contributed by atoms with Gasteiger partial charge in [-0.1, -0.05) is 228 Å². The molecular formula is C58H112O17P2. The molecule has 0 saturated heterocycles. The Balaban J connectivity index is 5.20. The molecule has 0 aliphatic rings. The third-order valence-electron chi connectivity index (χ3n) is 13.6. The summed E-state index contributed by atoms with van der Waals surface area (Å²) in [4.78, 5) is 71.6. The largest absolute Gasteiger partial charge is 0.472 e. The molecule has 0 radical (unpaired) electrons. The summed E-state index contributed by atoms with van der Waals surface area (Å²) >= 11 is 0. The van der Waals surface area contributed by atoms with Crippen molar-refractivity contribution in [2.45, 2.75) is 297 Å². The highest BCUT2D eigenvalue weighted by Crippen LogP contribution is 2.45. The number of hydrogen-bond acceptors (Lipinski definition) is 15. The molecule has 3 N–H and O–H groups in total. The number of carbonyl (C=O) groups is 4. The first kappa shape index (κ1) is 75.1. The van der Waals surface area contributed by atoms with Crippen LogP contribution in [-0.4, -0.2) is 96.7 Å². The minimum atomic E-state index is -4.94. The molecule has 17 nitrogen and oxygen atoms in total. The standard InChI is InChI=1S/C58H112O17P2/c1-7-10-12-14-15-16-17-18-22-29-35-41-56(61)69-47-54(74-57(62)42-36-30-23-20-19-21-28-33-39-51(6)9-3)49-73-77(66,67)71-45-52(59)44-70-76(64,65)72-48-53(46-68-55(60)40-34-26-13-11-8-2)75-58(63)43-37-31-25-24-27-32-38-50(4)5/h50-54,59H,7-49H2,1-6H3,(H,64,65)(H,66,67)/t51?,52-,53+,54+/m0/s1. The van der Waals surface area contributed by atoms with Crippen molar-refractivity contribution in [2.24, 2.45) is 11.8 Å². The Morgan fingerprint density at radius 2 is 0.662 bits per heavy atom. The molecule has 0 aromatic rings. The molecule has 0 bridgehead atoms. The van der Waals surface area contributed by atoms with Gasteiger partial charge in [0.25, 0.3) is 0 Å². The maximum Gasteiger partial charge on any atom is 0.472 e. The van der Waals surface area contributed by atoms with Crippen LogP contribution in [0.4, 0.5) is 0 Å². The van der Waals surface area contributed by atoms with E-state index in [0.717, 1.165) is 102 Å². The zero-order valence-electron chi connectivity index (χ0n) is 49.2. The molecule has 0 spiro atoms. The van der Waals surface area contributed by atoms with Crippen LogP contribution in [0.1, 0.15) is 279 Å². The molecule has 0 rings (SSSR count). The molecule has 6 atom stereocenters. The quantitative estimate of drug-likeness (QED) is 0.0222. The average molecular weight is 1140 g/mol. The number of phosphoric acid groups is 2. The van der Waals surface area contributed by atoms with Crippen molar-refractivity contribution in [3.05, 3.63) is 0 Å². The van der Waals surface area contributed by atoms with Gasteiger partial charge in [0.2, 0.25) is 0 Å². The summed E-state index contributed by atoms with van der Waals surface area (Å²) in [6.07, 6.45) is 31.2. The molecule has 19 heteroatoms. The molecule has 0 aromatic heterocycles. The van der Waals surface area contributed by atoms with Crippen LogP contribution >= 0.6 is 15.6 Å². The second-order valence-corrected chi connectivity index (χ2v) is 24.7. The van der Waals surface area contributed by atoms with Gasteiger partial charge in [0.15, 0.2) is 12.2 Å². The lowest BCUT2D eigenvalue weighted by Gasteiger charge is -2.21. The van der Waals surface area contributed by atoms with Crippen molar-refractivity contribution in [3.8, 4) is 0 Å². The van der Waals surface area contributed by atoms with Crippen LogP contribution in [0.15, 0.2) is 0 Å². The van der Waals surface area contributed by atoms with Gasteiger partial charge in [-0.25, -0.2) is 9.13 Å². The summed E-state index contributed by atoms with van der Waals surface area (Å²) in [7, 11) is -9.87. The van der Waals surface area contributed by atoms with Gasteiger partial charge < -0.3 is 33.8 Å². The van der Waals surface area contributed by atoms with Crippen molar-refractivity contribution < 1.29 is 80.2 Å². The van der Waals surface area contributed by atoms with Gasteiger partial charge in [-0.3, -0.25) is 37.3 Å². The van der Waals surface area contributed by atoms with Crippen LogP contribution in [0, 0.1) is 11.8 Å². The first-order valence-electron chi connectivity index (χ1n) is 30.5. The van der Waals surface area contributed by atoms with Crippen molar-refractivity contribution in [3.63, 3.8) is 0 Å². The second kappa shape index (κ2) is 51.0. The van der Waals surface area contributed by atoms with Crippen LogP contribution < -0.4 is 0 Å². The van der Waals surface area contributed by atoms with Crippen molar-refractivity contribution >= 4 is 39.5 Å². The summed E-state index contributed by atoms with van der Waals surface area (Å²) in [6.45, 7) is 9.25. The van der Waals surface area contributed by atoms with E-state index in [1.807, 2.05) is 0 Å². The van der Waals surface area contributed by atoms with Crippen molar-refractivity contribution in [1.82, 2.24) is 0 Å². The first-order valence-corrected chi connectivity index (χ1v) is 33.5. The Morgan fingerprint density at radius 1 is 0.377 bits per heavy atom. The molecule has 0 fully saturated rings. The molecule has 77 heavy (non-hydrogen) atoms. The Bertz CT molecular complexity index is 1530. The maximum atomic E-state index is 12.9. The fourth-order valence-corrected chi connectivity index (χ4v) is 10.0. The predicted octanol–water partition coefficient (Wildman–Crippen LogP) is 15.3. The minimum Gasteiger partial charge on any atom is -0.462 e. The third-order valence-corrected chi connectivity index (χ3v) is 15.5. The Hall–Kier alpha value is -1.94. The van der Waals surface area contributed by atoms with Crippen LogP contribution in [0.2, 0.25) is 0 Å². The molecule has 0 amide bonds. The fourth-order valence-electron chi connectivity index (χ4n) is 8.44. The Kier molecular flexibility index (Phi) is 49.7. The topological polar surface area (TPSA) is 237 Å². The number of ether oxygens (including phenoxy) is 4. The van der Waals surface area contributed by atoms with E-state index < -0.39 is 97.5 Å². The van der Waals surface area contributed by atoms with Gasteiger partial charge in [0, 0.05) is 25.7 Å². The van der Waals surface area contributed by atoms with E-state index in [2.05, 4.69) is 41.5 Å². The summed E-state index contributed by atoms with van der Waals surface area (Å²) < 4.78 is 67.5. The van der Waals surface area contributed by atoms with Gasteiger partial charge in [-0.05, 0) is 37.5 Å². The SMILES string of the molecule is CCCCCCCCCCCCCC(=O)OC[C@H](COP(=O)(O)OC[C@@H](O)COP(=O)(O)OC[C@@H](COC(=O)CCCCCCC)OC(=O)CCCCCCCCC(C)C)OC(=O)CCCCCCCCCCC(C)CC. The van der Waals surface area contributed by atoms with Crippen LogP contribution in [-0.2, 0) is 65.4 Å². The third kappa shape index (κ3) is 51.9. The molecule has 3 unspecified atom stereocenters. The van der Waals surface area contributed by atoms with Gasteiger partial charge in [0.1, 0.15) is 19.3 Å². The molecule has 0 saturated carbocycles. The van der Waals surface area contributed by atoms with Crippen LogP contribution in [0.3, 0.4) is 0 Å². The normalized spacial score (nSPS) is 14.8. The minimum absolute atomic E-state index is 0.101. The van der Waals surface area contributed by atoms with E-state index in [1.165, 1.54) is 89.9 Å². The maximum absolute atomic E-state index is 12.9. The average Bonchev–Trinajstić information content (AvgIpc) is 3.39. The van der Waals surface area contributed by atoms with E-state index in [9.17, 15) is 43.2 Å². The van der Waals surface area contributed by atoms with E-state index in [-0.39, 0.29) is 25.7 Å². The highest BCUT2D eigenvalue weighted by atomic mass is 31.2. The number of aliphatic hydroxyl groups excluding tert-OH is 1. The Morgan fingerprint density at radius 3 is 0.987 bits per heavy atom. The van der Waals surface area contributed by atoms with Gasteiger partial charge in [-0.2, -0.15) is 0 Å². The second-order valence-electron chi connectivity index (χ2n) is 21.7. The summed E-state index contributed by atoms with van der Waals surface area (Å²) in [6, 6.07) is 0. The lowest BCUT2D eigenvalue weighted by Crippen LogP contribution is -2.30. The smallest absolute Gasteiger partial charge is 0.462 e. The van der Waals surface area contributed by atoms with E-state index in [4.69, 9.17) is 37.0 Å². The van der Waals surface area contributed by atoms with Gasteiger partial charge >= 0.3 is 39.5 Å². The molecule has 0 aromatic carbocycles. The molecule has 0 aliphatic heterocycles. The van der Waals surface area contributed by atoms with Crippen LogP contribution in [0.25, 0.3) is 0 Å². The summed E-state index contributed by atoms with van der Waals surface area (Å²) in [5, 5.41) is 10.5. The number of rotatable bonds is 57. The highest BCUT2D eigenvalue weighted by molar-refractivity contribution is 7.47. The van der Waals surface area contributed by atoms with Crippen LogP contribution in [0.5, 0.6) is 0 Å². The lowest BCUT2D eigenvalue weighted by molar-refractivity contribution is -0.161. The first-order chi connectivity index (χ1) is 36.9. The summed E-state index contributed by atoms with van der Waals surface area (Å²) in [5.41, 5.74) is 0. The van der Waals surface area contributed by atoms with Crippen molar-refractivity contribution in [2.75, 3.05) is 39.6 Å². The number of hydrogen-bond donors (Lipinski definition) is 3. The molecule has 456 valence electrons. The van der Waals surface area contributed by atoms with E-state index in [0.29, 0.717) is 31.6 Å².